The Labute approximate surface area is 253 Å². The van der Waals surface area contributed by atoms with Gasteiger partial charge in [-0.3, -0.25) is 9.89 Å². The zero-order valence-electron chi connectivity index (χ0n) is 23.6. The Morgan fingerprint density at radius 1 is 1.07 bits per heavy atom. The Bertz CT molecular complexity index is 1220. The molecule has 3 aliphatic rings. The van der Waals surface area contributed by atoms with E-state index in [0.29, 0.717) is 42.6 Å². The van der Waals surface area contributed by atoms with Crippen LogP contribution in [0.25, 0.3) is 0 Å². The Morgan fingerprint density at radius 3 is 2.19 bits per heavy atom. The molecule has 2 aliphatic heterocycles. The number of amides is 1. The smallest absolute Gasteiger partial charge is 0.261 e. The van der Waals surface area contributed by atoms with E-state index in [1.54, 1.807) is 11.6 Å². The van der Waals surface area contributed by atoms with Crippen molar-refractivity contribution in [3.8, 4) is 25.7 Å². The van der Waals surface area contributed by atoms with E-state index in [1.807, 2.05) is 0 Å². The fourth-order valence-electron chi connectivity index (χ4n) is 3.84. The van der Waals surface area contributed by atoms with Gasteiger partial charge in [0, 0.05) is 55.4 Å². The van der Waals surface area contributed by atoms with Crippen molar-refractivity contribution in [2.24, 2.45) is 0 Å². The molecule has 3 aromatic rings. The molecule has 1 aliphatic carbocycles. The van der Waals surface area contributed by atoms with Gasteiger partial charge in [0.2, 0.25) is 24.3 Å². The number of alkyl halides is 2. The van der Waals surface area contributed by atoms with E-state index in [-0.39, 0.29) is 0 Å². The van der Waals surface area contributed by atoms with Crippen LogP contribution in [0.5, 0.6) is 0 Å². The van der Waals surface area contributed by atoms with E-state index in [2.05, 4.69) is 77.3 Å². The highest BCUT2D eigenvalue weighted by Gasteiger charge is 2.26. The third kappa shape index (κ3) is 12.2. The number of thiazole rings is 1. The van der Waals surface area contributed by atoms with Crippen molar-refractivity contribution >= 4 is 46.5 Å². The fourth-order valence-corrected chi connectivity index (χ4v) is 4.33. The van der Waals surface area contributed by atoms with Crippen LogP contribution < -0.4 is 20.4 Å². The van der Waals surface area contributed by atoms with Gasteiger partial charge in [-0.05, 0) is 25.7 Å². The molecule has 0 bridgehead atoms. The molecular formula is C27H36F2N10O3S. The maximum atomic E-state index is 10.5. The minimum atomic E-state index is -2.56. The maximum Gasteiger partial charge on any atom is 0.261 e. The van der Waals surface area contributed by atoms with Crippen LogP contribution in [-0.2, 0) is 9.53 Å². The van der Waals surface area contributed by atoms with Crippen molar-refractivity contribution in [2.75, 3.05) is 66.4 Å². The van der Waals surface area contributed by atoms with Gasteiger partial charge in [-0.1, -0.05) is 0 Å². The highest BCUT2D eigenvalue weighted by molar-refractivity contribution is 7.13. The number of hydrogen-bond acceptors (Lipinski definition) is 12. The number of aromatic nitrogens is 6. The lowest BCUT2D eigenvalue weighted by Gasteiger charge is -2.27. The molecule has 13 nitrogen and oxygen atoms in total. The number of anilines is 5. The third-order valence-corrected chi connectivity index (χ3v) is 6.61. The lowest BCUT2D eigenvalue weighted by Crippen LogP contribution is -2.38. The number of aliphatic hydroxyl groups is 1. The molecule has 0 radical (unpaired) electrons. The van der Waals surface area contributed by atoms with E-state index in [0.717, 1.165) is 37.9 Å². The summed E-state index contributed by atoms with van der Waals surface area (Å²) in [7, 11) is 0. The average molecular weight is 619 g/mol. The fraction of sp³-hybridized carbons (Fsp3) is 0.481. The first-order valence-corrected chi connectivity index (χ1v) is 14.2. The number of carbonyl (C=O) groups excluding carboxylic acids is 1. The number of nitrogens with one attached hydrogen (secondary N) is 3. The number of rotatable bonds is 8. The van der Waals surface area contributed by atoms with E-state index in [4.69, 9.17) is 14.8 Å². The lowest BCUT2D eigenvalue weighted by molar-refractivity contribution is -0.105. The number of ether oxygens (including phenoxy) is 1. The van der Waals surface area contributed by atoms with Crippen molar-refractivity contribution in [3.63, 3.8) is 0 Å². The van der Waals surface area contributed by atoms with Crippen LogP contribution in [0.15, 0.2) is 17.6 Å². The SMILES string of the molecule is C#C.C#C.O=CNc1nccs1.OCC(F)F.c1c(Nc2nc(N3CCCC3)nc(N3CCOCC3)n2)n[nH]c1C1CC1. The van der Waals surface area contributed by atoms with Gasteiger partial charge in [0.1, 0.15) is 6.61 Å². The Kier molecular flexibility index (Phi) is 15.9. The molecule has 43 heavy (non-hydrogen) atoms. The van der Waals surface area contributed by atoms with Crippen LogP contribution in [0.1, 0.15) is 37.3 Å². The lowest BCUT2D eigenvalue weighted by atomic mass is 10.3. The molecule has 0 aromatic carbocycles. The Morgan fingerprint density at radius 2 is 1.67 bits per heavy atom. The van der Waals surface area contributed by atoms with Gasteiger partial charge >= 0.3 is 0 Å². The number of H-pyrrole nitrogens is 1. The van der Waals surface area contributed by atoms with E-state index in [1.165, 1.54) is 42.7 Å². The predicted molar refractivity (Wildman–Crippen MR) is 163 cm³/mol. The number of aliphatic hydroxyl groups excluding tert-OH is 1. The molecule has 2 saturated heterocycles. The van der Waals surface area contributed by atoms with Gasteiger partial charge in [-0.2, -0.15) is 20.1 Å². The summed E-state index contributed by atoms with van der Waals surface area (Å²) >= 11 is 1.39. The Hall–Kier alpha value is -4.38. The summed E-state index contributed by atoms with van der Waals surface area (Å²) in [6.07, 6.45) is 20.5. The molecule has 3 fully saturated rings. The van der Waals surface area contributed by atoms with Crippen molar-refractivity contribution in [1.29, 1.82) is 0 Å². The first-order valence-electron chi connectivity index (χ1n) is 13.4. The van der Waals surface area contributed by atoms with Crippen LogP contribution >= 0.6 is 11.3 Å². The first-order chi connectivity index (χ1) is 21.1. The van der Waals surface area contributed by atoms with Crippen LogP contribution in [0.3, 0.4) is 0 Å². The van der Waals surface area contributed by atoms with E-state index < -0.39 is 13.0 Å². The molecule has 0 spiro atoms. The van der Waals surface area contributed by atoms with Gasteiger partial charge in [0.05, 0.1) is 13.2 Å². The highest BCUT2D eigenvalue weighted by atomic mass is 32.1. The van der Waals surface area contributed by atoms with Crippen LogP contribution in [0.4, 0.5) is 37.6 Å². The van der Waals surface area contributed by atoms with Gasteiger partial charge < -0.3 is 30.3 Å². The first kappa shape index (κ1) is 34.8. The van der Waals surface area contributed by atoms with Crippen LogP contribution in [0.2, 0.25) is 0 Å². The second-order valence-electron chi connectivity index (χ2n) is 8.83. The zero-order chi connectivity index (χ0) is 31.5. The van der Waals surface area contributed by atoms with Crippen LogP contribution in [0, 0.1) is 25.7 Å². The third-order valence-electron chi connectivity index (χ3n) is 5.90. The number of aromatic amines is 1. The van der Waals surface area contributed by atoms with Crippen LogP contribution in [-0.4, -0.2) is 94.1 Å². The molecular weight excluding hydrogens is 582 g/mol. The molecule has 1 saturated carbocycles. The van der Waals surface area contributed by atoms with Crippen molar-refractivity contribution in [3.05, 3.63) is 23.3 Å². The van der Waals surface area contributed by atoms with Gasteiger partial charge in [0.15, 0.2) is 10.9 Å². The van der Waals surface area contributed by atoms with E-state index in [9.17, 15) is 13.6 Å². The summed E-state index contributed by atoms with van der Waals surface area (Å²) in [5, 5.41) is 23.0. The molecule has 232 valence electrons. The number of carbonyl (C=O) groups is 1. The minimum absolute atomic E-state index is 0.553. The van der Waals surface area contributed by atoms with Crippen molar-refractivity contribution in [1.82, 2.24) is 30.1 Å². The molecule has 4 N–H and O–H groups in total. The summed E-state index contributed by atoms with van der Waals surface area (Å²) in [4.78, 5) is 31.9. The summed E-state index contributed by atoms with van der Waals surface area (Å²) in [5.41, 5.74) is 1.19. The number of morpholine rings is 1. The summed E-state index contributed by atoms with van der Waals surface area (Å²) in [5.74, 6) is 3.42. The normalized spacial score (nSPS) is 15.3. The highest BCUT2D eigenvalue weighted by Crippen LogP contribution is 2.39. The molecule has 3 aromatic heterocycles. The second kappa shape index (κ2) is 19.7. The van der Waals surface area contributed by atoms with Gasteiger partial charge in [-0.25, -0.2) is 13.8 Å². The second-order valence-corrected chi connectivity index (χ2v) is 9.73. The number of nitrogens with zero attached hydrogens (tertiary/aromatic N) is 7. The maximum absolute atomic E-state index is 10.5. The minimum Gasteiger partial charge on any atom is -0.390 e. The monoisotopic (exact) mass is 618 g/mol. The molecule has 0 unspecified atom stereocenters. The number of terminal acetylenes is 2. The number of hydrogen-bond donors (Lipinski definition) is 4. The van der Waals surface area contributed by atoms with Crippen molar-refractivity contribution < 1.29 is 23.4 Å². The quantitative estimate of drug-likeness (QED) is 0.217. The van der Waals surface area contributed by atoms with Gasteiger partial charge in [0.25, 0.3) is 6.43 Å². The molecule has 5 heterocycles. The standard InChI is InChI=1S/C17H24N8O.C4H4N2OS.C2H4F2O.2C2H2/c1-2-6-24(5-1)16-19-15(18-14-11-13(22-23-14)12-3-4-12)20-17(21-16)25-7-9-26-10-8-25;7-3-6-4-5-1-2-8-4;3-2(4)1-5;2*1-2/h11-12H,1-10H2,(H2,18,19,20,21,22,23);1-3H,(H,5,6,7);2,5H,1H2;2*1-2H. The summed E-state index contributed by atoms with van der Waals surface area (Å²) < 4.78 is 26.5. The molecule has 0 atom stereocenters. The predicted octanol–water partition coefficient (Wildman–Crippen LogP) is 3.11. The summed E-state index contributed by atoms with van der Waals surface area (Å²) in [6, 6.07) is 2.06. The van der Waals surface area contributed by atoms with Gasteiger partial charge in [-0.15, -0.1) is 37.0 Å². The van der Waals surface area contributed by atoms with E-state index >= 15 is 0 Å². The average Bonchev–Trinajstić information content (AvgIpc) is 3.42. The molecule has 16 heteroatoms. The largest absolute Gasteiger partial charge is 0.390 e. The molecule has 1 amide bonds. The zero-order valence-corrected chi connectivity index (χ0v) is 24.4. The topological polar surface area (TPSA) is 157 Å². The molecule has 6 rings (SSSR count). The Balaban J connectivity index is 0.000000315. The summed E-state index contributed by atoms with van der Waals surface area (Å²) in [6.45, 7) is 3.99. The number of halogens is 2. The van der Waals surface area contributed by atoms with Crippen molar-refractivity contribution in [2.45, 2.75) is 38.0 Å².